The normalized spacial score (nSPS) is 23.1. The van der Waals surface area contributed by atoms with E-state index in [9.17, 15) is 9.90 Å². The van der Waals surface area contributed by atoms with Gasteiger partial charge in [0, 0.05) is 18.8 Å². The summed E-state index contributed by atoms with van der Waals surface area (Å²) in [7, 11) is 0. The van der Waals surface area contributed by atoms with Gasteiger partial charge in [-0.1, -0.05) is 36.4 Å². The van der Waals surface area contributed by atoms with Crippen LogP contribution in [0.3, 0.4) is 0 Å². The van der Waals surface area contributed by atoms with E-state index in [0.29, 0.717) is 13.0 Å². The van der Waals surface area contributed by atoms with Gasteiger partial charge in [-0.3, -0.25) is 4.79 Å². The zero-order valence-electron chi connectivity index (χ0n) is 12.9. The molecule has 0 aromatic heterocycles. The van der Waals surface area contributed by atoms with Crippen molar-refractivity contribution in [1.82, 2.24) is 5.32 Å². The van der Waals surface area contributed by atoms with Gasteiger partial charge in [0.15, 0.2) is 0 Å². The minimum atomic E-state index is -0.411. The Labute approximate surface area is 135 Å². The van der Waals surface area contributed by atoms with Gasteiger partial charge < -0.3 is 15.3 Å². The van der Waals surface area contributed by atoms with E-state index in [1.807, 2.05) is 29.2 Å². The van der Waals surface area contributed by atoms with E-state index in [2.05, 4.69) is 29.6 Å². The summed E-state index contributed by atoms with van der Waals surface area (Å²) in [4.78, 5) is 14.5. The summed E-state index contributed by atoms with van der Waals surface area (Å²) in [5.41, 5.74) is 4.62. The van der Waals surface area contributed by atoms with Gasteiger partial charge in [0.05, 0.1) is 12.1 Å². The van der Waals surface area contributed by atoms with Crippen molar-refractivity contribution in [3.8, 4) is 11.1 Å². The number of aliphatic hydroxyl groups is 1. The molecule has 2 N–H and O–H groups in total. The number of hydrogen-bond donors (Lipinski definition) is 2. The third-order valence-electron chi connectivity index (χ3n) is 4.75. The van der Waals surface area contributed by atoms with Crippen LogP contribution in [0, 0.1) is 0 Å². The lowest BCUT2D eigenvalue weighted by Gasteiger charge is -2.21. The van der Waals surface area contributed by atoms with Gasteiger partial charge in [-0.15, -0.1) is 0 Å². The zero-order valence-corrected chi connectivity index (χ0v) is 12.9. The maximum absolute atomic E-state index is 12.7. The number of hydrogen-bond acceptors (Lipinski definition) is 3. The summed E-state index contributed by atoms with van der Waals surface area (Å²) in [6, 6.07) is 16.3. The van der Waals surface area contributed by atoms with E-state index in [1.165, 1.54) is 16.7 Å². The number of nitrogens with zero attached hydrogens (tertiary/aromatic N) is 1. The number of aliphatic hydroxyl groups excluding tert-OH is 1. The van der Waals surface area contributed by atoms with Gasteiger partial charge in [0.2, 0.25) is 5.91 Å². The molecule has 0 spiro atoms. The molecule has 2 aliphatic rings. The van der Waals surface area contributed by atoms with E-state index in [0.717, 1.165) is 18.7 Å². The minimum absolute atomic E-state index is 0.0766. The lowest BCUT2D eigenvalue weighted by atomic mass is 10.0. The maximum Gasteiger partial charge on any atom is 0.244 e. The summed E-state index contributed by atoms with van der Waals surface area (Å²) in [5.74, 6) is 0.0766. The number of benzene rings is 2. The van der Waals surface area contributed by atoms with Crippen molar-refractivity contribution in [1.29, 1.82) is 0 Å². The third kappa shape index (κ3) is 2.64. The topological polar surface area (TPSA) is 52.6 Å². The van der Waals surface area contributed by atoms with Gasteiger partial charge in [0.25, 0.3) is 0 Å². The van der Waals surface area contributed by atoms with Crippen LogP contribution in [0.2, 0.25) is 0 Å². The molecule has 2 aromatic rings. The first-order valence-electron chi connectivity index (χ1n) is 8.13. The van der Waals surface area contributed by atoms with Crippen LogP contribution < -0.4 is 10.2 Å². The number of carbonyl (C=O) groups excluding carboxylic acids is 1. The van der Waals surface area contributed by atoms with E-state index in [1.54, 1.807) is 0 Å². The summed E-state index contributed by atoms with van der Waals surface area (Å²) in [6.45, 7) is 1.23. The van der Waals surface area contributed by atoms with Crippen molar-refractivity contribution in [2.45, 2.75) is 25.0 Å². The molecule has 4 nitrogen and oxygen atoms in total. The highest BCUT2D eigenvalue weighted by Crippen LogP contribution is 2.33. The molecular weight excluding hydrogens is 288 g/mol. The number of rotatable bonds is 2. The molecule has 23 heavy (non-hydrogen) atoms. The summed E-state index contributed by atoms with van der Waals surface area (Å²) in [5, 5.41) is 12.7. The van der Waals surface area contributed by atoms with Crippen LogP contribution in [-0.2, 0) is 11.2 Å². The van der Waals surface area contributed by atoms with Crippen LogP contribution in [0.1, 0.15) is 12.0 Å². The van der Waals surface area contributed by atoms with E-state index < -0.39 is 6.10 Å². The average molecular weight is 308 g/mol. The van der Waals surface area contributed by atoms with Crippen molar-refractivity contribution in [3.05, 3.63) is 54.1 Å². The highest BCUT2D eigenvalue weighted by molar-refractivity contribution is 5.99. The second-order valence-corrected chi connectivity index (χ2v) is 6.30. The molecule has 0 saturated carbocycles. The number of β-amino-alcohol motifs (C(OH)–C–C–N with tert-alkyl or cyclic N) is 1. The monoisotopic (exact) mass is 308 g/mol. The Morgan fingerprint density at radius 3 is 2.70 bits per heavy atom. The fourth-order valence-corrected chi connectivity index (χ4v) is 3.53. The standard InChI is InChI=1S/C19H20N2O2/c22-16-11-17(20-12-16)19(23)21-9-8-15-10-14(6-7-18(15)21)13-4-2-1-3-5-13/h1-7,10,16-17,20,22H,8-9,11-12H2/t16-,17-/m1/s1. The number of nitrogens with one attached hydrogen (secondary N) is 1. The first-order chi connectivity index (χ1) is 11.2. The predicted octanol–water partition coefficient (Wildman–Crippen LogP) is 1.97. The number of anilines is 1. The lowest BCUT2D eigenvalue weighted by Crippen LogP contribution is -2.42. The molecule has 1 amide bonds. The zero-order chi connectivity index (χ0) is 15.8. The van der Waals surface area contributed by atoms with Gasteiger partial charge in [-0.25, -0.2) is 0 Å². The molecule has 4 rings (SSSR count). The SMILES string of the molecule is O=C([C@H]1C[C@@H](O)CN1)N1CCc2cc(-c3ccccc3)ccc21. The predicted molar refractivity (Wildman–Crippen MR) is 90.3 cm³/mol. The van der Waals surface area contributed by atoms with Gasteiger partial charge >= 0.3 is 0 Å². The van der Waals surface area contributed by atoms with E-state index >= 15 is 0 Å². The number of amides is 1. The van der Waals surface area contributed by atoms with Crippen molar-refractivity contribution >= 4 is 11.6 Å². The second-order valence-electron chi connectivity index (χ2n) is 6.30. The quantitative estimate of drug-likeness (QED) is 0.892. The smallest absolute Gasteiger partial charge is 0.244 e. The molecule has 1 fully saturated rings. The van der Waals surface area contributed by atoms with Gasteiger partial charge in [-0.05, 0) is 41.7 Å². The molecule has 0 radical (unpaired) electrons. The van der Waals surface area contributed by atoms with E-state index in [4.69, 9.17) is 0 Å². The van der Waals surface area contributed by atoms with Crippen molar-refractivity contribution < 1.29 is 9.90 Å². The first kappa shape index (κ1) is 14.4. The summed E-state index contributed by atoms with van der Waals surface area (Å²) in [6.07, 6.45) is 0.982. The Morgan fingerprint density at radius 1 is 1.13 bits per heavy atom. The second kappa shape index (κ2) is 5.80. The van der Waals surface area contributed by atoms with Crippen LogP contribution in [0.15, 0.2) is 48.5 Å². The lowest BCUT2D eigenvalue weighted by molar-refractivity contribution is -0.120. The van der Waals surface area contributed by atoms with Crippen LogP contribution >= 0.6 is 0 Å². The summed E-state index contributed by atoms with van der Waals surface area (Å²) >= 11 is 0. The molecule has 2 aromatic carbocycles. The molecular formula is C19H20N2O2. The van der Waals surface area contributed by atoms with Crippen molar-refractivity contribution in [2.24, 2.45) is 0 Å². The molecule has 2 aliphatic heterocycles. The van der Waals surface area contributed by atoms with Crippen LogP contribution in [0.25, 0.3) is 11.1 Å². The van der Waals surface area contributed by atoms with Crippen LogP contribution in [0.5, 0.6) is 0 Å². The van der Waals surface area contributed by atoms with Crippen molar-refractivity contribution in [2.75, 3.05) is 18.0 Å². The van der Waals surface area contributed by atoms with E-state index in [-0.39, 0.29) is 11.9 Å². The Morgan fingerprint density at radius 2 is 1.96 bits per heavy atom. The average Bonchev–Trinajstić information content (AvgIpc) is 3.20. The Hall–Kier alpha value is -2.17. The molecule has 2 atom stereocenters. The molecule has 0 bridgehead atoms. The molecule has 1 saturated heterocycles. The molecule has 0 unspecified atom stereocenters. The molecule has 4 heteroatoms. The van der Waals surface area contributed by atoms with Gasteiger partial charge in [-0.2, -0.15) is 0 Å². The third-order valence-corrected chi connectivity index (χ3v) is 4.75. The maximum atomic E-state index is 12.7. The molecule has 0 aliphatic carbocycles. The largest absolute Gasteiger partial charge is 0.392 e. The summed E-state index contributed by atoms with van der Waals surface area (Å²) < 4.78 is 0. The first-order valence-corrected chi connectivity index (χ1v) is 8.13. The Balaban J connectivity index is 1.59. The highest BCUT2D eigenvalue weighted by Gasteiger charge is 2.34. The van der Waals surface area contributed by atoms with Crippen LogP contribution in [-0.4, -0.2) is 36.2 Å². The number of carbonyl (C=O) groups is 1. The minimum Gasteiger partial charge on any atom is -0.392 e. The highest BCUT2D eigenvalue weighted by atomic mass is 16.3. The fourth-order valence-electron chi connectivity index (χ4n) is 3.53. The fraction of sp³-hybridized carbons (Fsp3) is 0.316. The Kier molecular flexibility index (Phi) is 3.63. The van der Waals surface area contributed by atoms with Gasteiger partial charge in [0.1, 0.15) is 0 Å². The van der Waals surface area contributed by atoms with Crippen molar-refractivity contribution in [3.63, 3.8) is 0 Å². The molecule has 2 heterocycles. The van der Waals surface area contributed by atoms with Crippen LogP contribution in [0.4, 0.5) is 5.69 Å². The molecule has 118 valence electrons. The number of fused-ring (bicyclic) bond motifs is 1. The Bertz CT molecular complexity index is 729.